The minimum absolute atomic E-state index is 0.0343. The first-order chi connectivity index (χ1) is 12.4. The Hall–Kier alpha value is -3.07. The number of esters is 1. The van der Waals surface area contributed by atoms with Crippen LogP contribution in [-0.2, 0) is 19.6 Å². The normalized spacial score (nSPS) is 11.3. The van der Waals surface area contributed by atoms with E-state index in [1.54, 1.807) is 30.5 Å². The predicted molar refractivity (Wildman–Crippen MR) is 96.9 cm³/mol. The van der Waals surface area contributed by atoms with Crippen molar-refractivity contribution >= 4 is 32.7 Å². The molecule has 0 aliphatic heterocycles. The standard InChI is InChI=1S/C17H16N4O4S/c1-11-5-3-7-18-15(11)13-9-12-6-4-8-19-16(12)17(20-13)21-26(23,24)10-14(22)25-2/h3-9H,10H2,1-2H3,(H,20,21). The van der Waals surface area contributed by atoms with Crippen LogP contribution in [0.25, 0.3) is 22.3 Å². The highest BCUT2D eigenvalue weighted by atomic mass is 32.2. The second kappa shape index (κ2) is 7.04. The van der Waals surface area contributed by atoms with Gasteiger partial charge in [0, 0.05) is 17.8 Å². The fourth-order valence-corrected chi connectivity index (χ4v) is 3.37. The summed E-state index contributed by atoms with van der Waals surface area (Å²) >= 11 is 0. The summed E-state index contributed by atoms with van der Waals surface area (Å²) in [7, 11) is -2.87. The van der Waals surface area contributed by atoms with Gasteiger partial charge in [0.05, 0.1) is 18.5 Å². The van der Waals surface area contributed by atoms with Gasteiger partial charge in [0.15, 0.2) is 11.6 Å². The minimum atomic E-state index is -3.99. The van der Waals surface area contributed by atoms with Crippen molar-refractivity contribution in [3.8, 4) is 11.4 Å². The van der Waals surface area contributed by atoms with Crippen LogP contribution in [0.2, 0.25) is 0 Å². The molecule has 134 valence electrons. The summed E-state index contributed by atoms with van der Waals surface area (Å²) < 4.78 is 31.2. The molecule has 0 aliphatic rings. The zero-order valence-corrected chi connectivity index (χ0v) is 14.9. The molecule has 0 amide bonds. The molecule has 0 unspecified atom stereocenters. The van der Waals surface area contributed by atoms with Gasteiger partial charge in [-0.05, 0) is 30.7 Å². The Morgan fingerprint density at radius 1 is 1.19 bits per heavy atom. The molecule has 0 aliphatic carbocycles. The van der Waals surface area contributed by atoms with Crippen LogP contribution in [-0.4, -0.2) is 42.2 Å². The molecule has 0 aromatic carbocycles. The zero-order valence-electron chi connectivity index (χ0n) is 14.1. The topological polar surface area (TPSA) is 111 Å². The molecule has 3 aromatic heterocycles. The smallest absolute Gasteiger partial charge is 0.322 e. The number of aromatic nitrogens is 3. The molecule has 3 heterocycles. The third kappa shape index (κ3) is 3.77. The maximum absolute atomic E-state index is 12.2. The number of aryl methyl sites for hydroxylation is 1. The van der Waals surface area contributed by atoms with Crippen LogP contribution in [0.5, 0.6) is 0 Å². The van der Waals surface area contributed by atoms with E-state index >= 15 is 0 Å². The summed E-state index contributed by atoms with van der Waals surface area (Å²) in [6.45, 7) is 1.89. The van der Waals surface area contributed by atoms with E-state index in [4.69, 9.17) is 0 Å². The highest BCUT2D eigenvalue weighted by Gasteiger charge is 2.20. The van der Waals surface area contributed by atoms with Crippen molar-refractivity contribution in [1.29, 1.82) is 0 Å². The van der Waals surface area contributed by atoms with E-state index in [2.05, 4.69) is 24.4 Å². The second-order valence-corrected chi connectivity index (χ2v) is 7.26. The fraction of sp³-hybridized carbons (Fsp3) is 0.176. The molecule has 0 spiro atoms. The summed E-state index contributed by atoms with van der Waals surface area (Å²) in [4.78, 5) is 24.2. The number of anilines is 1. The second-order valence-electron chi connectivity index (χ2n) is 5.54. The lowest BCUT2D eigenvalue weighted by Crippen LogP contribution is -2.24. The van der Waals surface area contributed by atoms with E-state index in [0.717, 1.165) is 12.7 Å². The van der Waals surface area contributed by atoms with Gasteiger partial charge in [-0.2, -0.15) is 0 Å². The first-order valence-electron chi connectivity index (χ1n) is 7.65. The van der Waals surface area contributed by atoms with Crippen LogP contribution in [0.15, 0.2) is 42.7 Å². The van der Waals surface area contributed by atoms with Crippen molar-refractivity contribution < 1.29 is 17.9 Å². The number of hydrogen-bond donors (Lipinski definition) is 1. The molecular formula is C17H16N4O4S. The molecule has 0 bridgehead atoms. The number of fused-ring (bicyclic) bond motifs is 1. The SMILES string of the molecule is COC(=O)CS(=O)(=O)Nc1nc(-c2ncccc2C)cc2cccnc12. The maximum Gasteiger partial charge on any atom is 0.322 e. The largest absolute Gasteiger partial charge is 0.468 e. The number of ether oxygens (including phenoxy) is 1. The van der Waals surface area contributed by atoms with Gasteiger partial charge < -0.3 is 4.74 Å². The van der Waals surface area contributed by atoms with Crippen molar-refractivity contribution in [2.75, 3.05) is 17.6 Å². The van der Waals surface area contributed by atoms with Gasteiger partial charge in [-0.1, -0.05) is 12.1 Å². The third-order valence-corrected chi connectivity index (χ3v) is 4.75. The van der Waals surface area contributed by atoms with Crippen LogP contribution < -0.4 is 4.72 Å². The molecule has 0 radical (unpaired) electrons. The minimum Gasteiger partial charge on any atom is -0.468 e. The van der Waals surface area contributed by atoms with Crippen LogP contribution >= 0.6 is 0 Å². The molecule has 0 saturated heterocycles. The van der Waals surface area contributed by atoms with E-state index in [-0.39, 0.29) is 5.82 Å². The van der Waals surface area contributed by atoms with E-state index < -0.39 is 21.7 Å². The van der Waals surface area contributed by atoms with Crippen molar-refractivity contribution in [3.05, 3.63) is 48.3 Å². The molecule has 3 aromatic rings. The lowest BCUT2D eigenvalue weighted by molar-refractivity contribution is -0.137. The lowest BCUT2D eigenvalue weighted by atomic mass is 10.1. The van der Waals surface area contributed by atoms with Gasteiger partial charge >= 0.3 is 5.97 Å². The summed E-state index contributed by atoms with van der Waals surface area (Å²) in [5.41, 5.74) is 2.40. The van der Waals surface area contributed by atoms with E-state index in [1.165, 1.54) is 6.20 Å². The van der Waals surface area contributed by atoms with Crippen LogP contribution in [0.3, 0.4) is 0 Å². The number of carbonyl (C=O) groups excluding carboxylic acids is 1. The number of pyridine rings is 3. The van der Waals surface area contributed by atoms with E-state index in [9.17, 15) is 13.2 Å². The summed E-state index contributed by atoms with van der Waals surface area (Å²) in [6, 6.07) is 9.02. The number of nitrogens with zero attached hydrogens (tertiary/aromatic N) is 3. The molecule has 0 atom stereocenters. The zero-order chi connectivity index (χ0) is 18.7. The monoisotopic (exact) mass is 372 g/mol. The molecule has 8 nitrogen and oxygen atoms in total. The molecule has 0 saturated carbocycles. The Morgan fingerprint density at radius 2 is 1.92 bits per heavy atom. The Balaban J connectivity index is 2.12. The molecule has 9 heteroatoms. The third-order valence-electron chi connectivity index (χ3n) is 3.63. The lowest BCUT2D eigenvalue weighted by Gasteiger charge is -2.11. The van der Waals surface area contributed by atoms with Crippen molar-refractivity contribution in [2.45, 2.75) is 6.92 Å². The van der Waals surface area contributed by atoms with Gasteiger partial charge in [0.2, 0.25) is 10.0 Å². The number of carbonyl (C=O) groups is 1. The van der Waals surface area contributed by atoms with Gasteiger partial charge in [-0.3, -0.25) is 19.5 Å². The van der Waals surface area contributed by atoms with Crippen LogP contribution in [0.1, 0.15) is 5.56 Å². The highest BCUT2D eigenvalue weighted by Crippen LogP contribution is 2.27. The van der Waals surface area contributed by atoms with E-state index in [1.807, 2.05) is 13.0 Å². The van der Waals surface area contributed by atoms with Crippen LogP contribution in [0.4, 0.5) is 5.82 Å². The molecule has 3 rings (SSSR count). The highest BCUT2D eigenvalue weighted by molar-refractivity contribution is 7.93. The number of methoxy groups -OCH3 is 1. The van der Waals surface area contributed by atoms with Gasteiger partial charge in [-0.15, -0.1) is 0 Å². The quantitative estimate of drug-likeness (QED) is 0.681. The number of rotatable bonds is 5. The van der Waals surface area contributed by atoms with E-state index in [0.29, 0.717) is 22.3 Å². The Bertz CT molecular complexity index is 1080. The van der Waals surface area contributed by atoms with Gasteiger partial charge in [-0.25, -0.2) is 13.4 Å². The first kappa shape index (κ1) is 17.7. The Labute approximate surface area is 150 Å². The van der Waals surface area contributed by atoms with Crippen molar-refractivity contribution in [1.82, 2.24) is 15.0 Å². The van der Waals surface area contributed by atoms with Crippen molar-refractivity contribution in [2.24, 2.45) is 0 Å². The fourth-order valence-electron chi connectivity index (χ4n) is 2.43. The van der Waals surface area contributed by atoms with Gasteiger partial charge in [0.1, 0.15) is 5.52 Å². The molecule has 0 fully saturated rings. The summed E-state index contributed by atoms with van der Waals surface area (Å²) in [5, 5.41) is 0.693. The van der Waals surface area contributed by atoms with Crippen LogP contribution in [0, 0.1) is 6.92 Å². The summed E-state index contributed by atoms with van der Waals surface area (Å²) in [6.07, 6.45) is 3.17. The number of nitrogens with one attached hydrogen (secondary N) is 1. The Kier molecular flexibility index (Phi) is 4.81. The predicted octanol–water partition coefficient (Wildman–Crippen LogP) is 1.91. The van der Waals surface area contributed by atoms with Crippen molar-refractivity contribution in [3.63, 3.8) is 0 Å². The average molecular weight is 372 g/mol. The molecule has 1 N–H and O–H groups in total. The number of hydrogen-bond acceptors (Lipinski definition) is 7. The Morgan fingerprint density at radius 3 is 2.65 bits per heavy atom. The first-order valence-corrected chi connectivity index (χ1v) is 9.30. The number of sulfonamides is 1. The molecular weight excluding hydrogens is 356 g/mol. The summed E-state index contributed by atoms with van der Waals surface area (Å²) in [5.74, 6) is -1.65. The molecule has 26 heavy (non-hydrogen) atoms. The maximum atomic E-state index is 12.2. The van der Waals surface area contributed by atoms with Gasteiger partial charge in [0.25, 0.3) is 0 Å². The average Bonchev–Trinajstić information content (AvgIpc) is 2.61.